The van der Waals surface area contributed by atoms with Gasteiger partial charge in [0, 0.05) is 7.11 Å². The number of methoxy groups -OCH3 is 1. The molecule has 3 N–H and O–H groups in total. The predicted octanol–water partition coefficient (Wildman–Crippen LogP) is -0.998. The van der Waals surface area contributed by atoms with E-state index in [4.69, 9.17) is 18.9 Å². The first-order valence-corrected chi connectivity index (χ1v) is 5.92. The molecule has 1 heterocycles. The number of hydrogen-bond acceptors (Lipinski definition) is 8. The Labute approximate surface area is 110 Å². The lowest BCUT2D eigenvalue weighted by Crippen LogP contribution is -2.59. The Kier molecular flexibility index (Phi) is 5.95. The maximum Gasteiger partial charge on any atom is 0.508 e. The first kappa shape index (κ1) is 16.1. The van der Waals surface area contributed by atoms with Crippen LogP contribution in [-0.4, -0.2) is 72.0 Å². The molecule has 112 valence electrons. The van der Waals surface area contributed by atoms with Crippen molar-refractivity contribution in [1.82, 2.24) is 0 Å². The summed E-state index contributed by atoms with van der Waals surface area (Å²) in [6.45, 7) is 3.00. The van der Waals surface area contributed by atoms with Gasteiger partial charge < -0.3 is 34.3 Å². The Balaban J connectivity index is 2.50. The fraction of sp³-hybridized carbons (Fsp3) is 0.909. The summed E-state index contributed by atoms with van der Waals surface area (Å²) in [4.78, 5) is 11.2. The summed E-state index contributed by atoms with van der Waals surface area (Å²) in [6.07, 6.45) is -7.57. The fourth-order valence-electron chi connectivity index (χ4n) is 1.63. The molecule has 0 radical (unpaired) electrons. The van der Waals surface area contributed by atoms with Gasteiger partial charge in [-0.25, -0.2) is 4.79 Å². The van der Waals surface area contributed by atoms with Gasteiger partial charge in [0.25, 0.3) is 0 Å². The summed E-state index contributed by atoms with van der Waals surface area (Å²) >= 11 is 0. The minimum atomic E-state index is -1.45. The monoisotopic (exact) mass is 280 g/mol. The molecule has 0 spiro atoms. The lowest BCUT2D eigenvalue weighted by atomic mass is 9.99. The third kappa shape index (κ3) is 4.29. The van der Waals surface area contributed by atoms with Gasteiger partial charge in [0.2, 0.25) is 0 Å². The second kappa shape index (κ2) is 7.01. The van der Waals surface area contributed by atoms with E-state index in [1.165, 1.54) is 7.11 Å². The number of ether oxygens (including phenoxy) is 4. The Morgan fingerprint density at radius 2 is 1.84 bits per heavy atom. The van der Waals surface area contributed by atoms with Crippen LogP contribution in [0.4, 0.5) is 4.79 Å². The van der Waals surface area contributed by atoms with Crippen LogP contribution in [0.5, 0.6) is 0 Å². The zero-order chi connectivity index (χ0) is 14.6. The molecule has 8 nitrogen and oxygen atoms in total. The van der Waals surface area contributed by atoms with E-state index in [0.29, 0.717) is 0 Å². The number of aliphatic hydroxyl groups excluding tert-OH is 3. The van der Waals surface area contributed by atoms with Crippen molar-refractivity contribution in [2.45, 2.75) is 50.7 Å². The first-order valence-electron chi connectivity index (χ1n) is 5.92. The van der Waals surface area contributed by atoms with E-state index in [2.05, 4.69) is 0 Å². The highest BCUT2D eigenvalue weighted by Crippen LogP contribution is 2.22. The third-order valence-corrected chi connectivity index (χ3v) is 2.60. The topological polar surface area (TPSA) is 115 Å². The number of aliphatic hydroxyl groups is 3. The molecule has 1 fully saturated rings. The minimum absolute atomic E-state index is 0.323. The van der Waals surface area contributed by atoms with Crippen molar-refractivity contribution in [2.75, 3.05) is 13.7 Å². The SMILES string of the molecule is COC1OC(COC(=O)OC(C)C)C(O)C(O)C1O. The molecule has 0 bridgehead atoms. The molecule has 0 aliphatic carbocycles. The van der Waals surface area contributed by atoms with Crippen molar-refractivity contribution in [3.8, 4) is 0 Å². The predicted molar refractivity (Wildman–Crippen MR) is 61.3 cm³/mol. The van der Waals surface area contributed by atoms with Crippen LogP contribution in [0.1, 0.15) is 13.8 Å². The standard InChI is InChI=1S/C11H20O8/c1-5(2)18-11(15)17-4-6-7(12)8(13)9(14)10(16-3)19-6/h5-10,12-14H,4H2,1-3H3. The maximum atomic E-state index is 11.2. The van der Waals surface area contributed by atoms with Crippen molar-refractivity contribution in [1.29, 1.82) is 0 Å². The number of rotatable bonds is 4. The molecule has 0 amide bonds. The van der Waals surface area contributed by atoms with Crippen LogP contribution in [0, 0.1) is 0 Å². The lowest BCUT2D eigenvalue weighted by Gasteiger charge is -2.39. The zero-order valence-corrected chi connectivity index (χ0v) is 11.1. The maximum absolute atomic E-state index is 11.2. The number of hydrogen-bond donors (Lipinski definition) is 3. The number of carbonyl (C=O) groups excluding carboxylic acids is 1. The van der Waals surface area contributed by atoms with E-state index in [9.17, 15) is 20.1 Å². The van der Waals surface area contributed by atoms with Crippen LogP contribution in [-0.2, 0) is 18.9 Å². The van der Waals surface area contributed by atoms with Gasteiger partial charge in [-0.3, -0.25) is 0 Å². The normalized spacial score (nSPS) is 35.2. The molecular formula is C11H20O8. The van der Waals surface area contributed by atoms with Gasteiger partial charge in [-0.1, -0.05) is 0 Å². The quantitative estimate of drug-likeness (QED) is 0.562. The van der Waals surface area contributed by atoms with E-state index in [-0.39, 0.29) is 12.7 Å². The van der Waals surface area contributed by atoms with Gasteiger partial charge in [-0.15, -0.1) is 0 Å². The molecule has 1 aliphatic rings. The van der Waals surface area contributed by atoms with Crippen molar-refractivity contribution in [3.63, 3.8) is 0 Å². The molecular weight excluding hydrogens is 260 g/mol. The van der Waals surface area contributed by atoms with Crippen molar-refractivity contribution < 1.29 is 39.1 Å². The minimum Gasteiger partial charge on any atom is -0.432 e. The van der Waals surface area contributed by atoms with Crippen LogP contribution >= 0.6 is 0 Å². The van der Waals surface area contributed by atoms with Crippen LogP contribution in [0.3, 0.4) is 0 Å². The van der Waals surface area contributed by atoms with Crippen LogP contribution in [0.15, 0.2) is 0 Å². The average molecular weight is 280 g/mol. The van der Waals surface area contributed by atoms with E-state index in [1.54, 1.807) is 13.8 Å². The first-order chi connectivity index (χ1) is 8.86. The van der Waals surface area contributed by atoms with E-state index >= 15 is 0 Å². The van der Waals surface area contributed by atoms with Gasteiger partial charge in [0.05, 0.1) is 6.10 Å². The molecule has 1 aliphatic heterocycles. The number of carbonyl (C=O) groups is 1. The highest BCUT2D eigenvalue weighted by molar-refractivity contribution is 5.60. The molecule has 5 atom stereocenters. The molecule has 1 rings (SSSR count). The smallest absolute Gasteiger partial charge is 0.432 e. The van der Waals surface area contributed by atoms with Crippen LogP contribution in [0.2, 0.25) is 0 Å². The van der Waals surface area contributed by atoms with E-state index in [0.717, 1.165) is 0 Å². The molecule has 5 unspecified atom stereocenters. The van der Waals surface area contributed by atoms with Crippen molar-refractivity contribution in [2.24, 2.45) is 0 Å². The van der Waals surface area contributed by atoms with Gasteiger partial charge >= 0.3 is 6.16 Å². The Hall–Kier alpha value is -0.930. The summed E-state index contributed by atoms with van der Waals surface area (Å²) in [5.74, 6) is 0. The second-order valence-corrected chi connectivity index (χ2v) is 4.48. The van der Waals surface area contributed by atoms with Crippen molar-refractivity contribution >= 4 is 6.16 Å². The van der Waals surface area contributed by atoms with Gasteiger partial charge in [0.15, 0.2) is 6.29 Å². The molecule has 0 aromatic heterocycles. The summed E-state index contributed by atoms with van der Waals surface area (Å²) in [5.41, 5.74) is 0. The molecule has 0 aromatic carbocycles. The van der Waals surface area contributed by atoms with Gasteiger partial charge in [-0.2, -0.15) is 0 Å². The highest BCUT2D eigenvalue weighted by Gasteiger charge is 2.44. The van der Waals surface area contributed by atoms with Crippen molar-refractivity contribution in [3.05, 3.63) is 0 Å². The molecule has 1 saturated heterocycles. The molecule has 8 heteroatoms. The Bertz CT molecular complexity index is 292. The molecule has 19 heavy (non-hydrogen) atoms. The fourth-order valence-corrected chi connectivity index (χ4v) is 1.63. The van der Waals surface area contributed by atoms with Gasteiger partial charge in [0.1, 0.15) is 31.0 Å². The highest BCUT2D eigenvalue weighted by atomic mass is 16.7. The third-order valence-electron chi connectivity index (χ3n) is 2.60. The summed E-state index contributed by atoms with van der Waals surface area (Å²) in [5, 5.41) is 28.8. The summed E-state index contributed by atoms with van der Waals surface area (Å²) < 4.78 is 19.5. The molecule has 0 aromatic rings. The Morgan fingerprint density at radius 3 is 2.37 bits per heavy atom. The zero-order valence-electron chi connectivity index (χ0n) is 11.1. The average Bonchev–Trinajstić information content (AvgIpc) is 2.34. The second-order valence-electron chi connectivity index (χ2n) is 4.48. The molecule has 0 saturated carbocycles. The Morgan fingerprint density at radius 1 is 1.21 bits per heavy atom. The van der Waals surface area contributed by atoms with E-state index in [1.807, 2.05) is 0 Å². The van der Waals surface area contributed by atoms with Crippen LogP contribution < -0.4 is 0 Å². The largest absolute Gasteiger partial charge is 0.508 e. The lowest BCUT2D eigenvalue weighted by molar-refractivity contribution is -0.294. The van der Waals surface area contributed by atoms with Crippen LogP contribution in [0.25, 0.3) is 0 Å². The summed E-state index contributed by atoms with van der Waals surface area (Å²) in [6, 6.07) is 0. The summed E-state index contributed by atoms with van der Waals surface area (Å²) in [7, 11) is 1.28. The van der Waals surface area contributed by atoms with E-state index < -0.39 is 36.9 Å². The van der Waals surface area contributed by atoms with Gasteiger partial charge in [-0.05, 0) is 13.8 Å².